The number of aromatic nitrogens is 2. The number of nitrogens with one attached hydrogen (secondary N) is 1. The Morgan fingerprint density at radius 1 is 1.22 bits per heavy atom. The fourth-order valence-electron chi connectivity index (χ4n) is 2.65. The maximum Gasteiger partial charge on any atom is 0.261 e. The van der Waals surface area contributed by atoms with E-state index in [1.807, 2.05) is 12.3 Å². The smallest absolute Gasteiger partial charge is 0.261 e. The lowest BCUT2D eigenvalue weighted by Crippen LogP contribution is -2.24. The van der Waals surface area contributed by atoms with Gasteiger partial charge in [-0.1, -0.05) is 15.9 Å². The first-order valence-electron chi connectivity index (χ1n) is 8.02. The summed E-state index contributed by atoms with van der Waals surface area (Å²) in [6.45, 7) is 1.32. The van der Waals surface area contributed by atoms with Crippen LogP contribution in [0.5, 0.6) is 0 Å². The third-order valence-electron chi connectivity index (χ3n) is 3.93. The average Bonchev–Trinajstić information content (AvgIpc) is 2.64. The van der Waals surface area contributed by atoms with Crippen LogP contribution < -0.4 is 10.9 Å². The molecule has 6 nitrogen and oxygen atoms in total. The summed E-state index contributed by atoms with van der Waals surface area (Å²) in [6, 6.07) is 10.3. The molecule has 0 radical (unpaired) electrons. The second-order valence-corrected chi connectivity index (χ2v) is 7.62. The van der Waals surface area contributed by atoms with E-state index in [1.54, 1.807) is 30.3 Å². The largest absolute Gasteiger partial charge is 0.325 e. The summed E-state index contributed by atoms with van der Waals surface area (Å²) in [6.07, 6.45) is 3.25. The van der Waals surface area contributed by atoms with Crippen LogP contribution in [0, 0.1) is 0 Å². The Morgan fingerprint density at radius 3 is 2.70 bits per heavy atom. The third kappa shape index (κ3) is 4.28. The molecule has 0 aliphatic carbocycles. The Balaban J connectivity index is 1.91. The molecule has 0 bridgehead atoms. The number of amides is 1. The zero-order valence-corrected chi connectivity index (χ0v) is 17.1. The molecule has 27 heavy (non-hydrogen) atoms. The molecule has 1 N–H and O–H groups in total. The predicted octanol–water partition coefficient (Wildman–Crippen LogP) is 3.72. The number of rotatable bonds is 5. The summed E-state index contributed by atoms with van der Waals surface area (Å²) in [5, 5.41) is 3.18. The molecule has 0 aliphatic rings. The Kier molecular flexibility index (Phi) is 5.76. The van der Waals surface area contributed by atoms with Crippen molar-refractivity contribution in [2.75, 3.05) is 11.6 Å². The van der Waals surface area contributed by atoms with Crippen molar-refractivity contribution < 1.29 is 9.59 Å². The number of carbonyl (C=O) groups is 2. The molecule has 0 fully saturated rings. The molecule has 2 aromatic carbocycles. The van der Waals surface area contributed by atoms with E-state index in [0.717, 1.165) is 9.37 Å². The van der Waals surface area contributed by atoms with Crippen LogP contribution in [0.2, 0.25) is 0 Å². The summed E-state index contributed by atoms with van der Waals surface area (Å²) in [4.78, 5) is 41.6. The van der Waals surface area contributed by atoms with Gasteiger partial charge in [-0.3, -0.25) is 19.0 Å². The van der Waals surface area contributed by atoms with Crippen molar-refractivity contribution in [3.05, 3.63) is 63.1 Å². The van der Waals surface area contributed by atoms with E-state index in [-0.39, 0.29) is 23.8 Å². The highest BCUT2D eigenvalue weighted by Gasteiger charge is 2.13. The lowest BCUT2D eigenvalue weighted by molar-refractivity contribution is -0.114. The first kappa shape index (κ1) is 19.3. The third-order valence-corrected chi connectivity index (χ3v) is 5.21. The number of Topliss-reactive ketones (excluding diaryl/α,β-unsaturated/α-hetero) is 1. The monoisotopic (exact) mass is 445 g/mol. The quantitative estimate of drug-likeness (QED) is 0.477. The highest BCUT2D eigenvalue weighted by molar-refractivity contribution is 9.10. The van der Waals surface area contributed by atoms with Crippen LogP contribution in [0.25, 0.3) is 10.9 Å². The predicted molar refractivity (Wildman–Crippen MR) is 111 cm³/mol. The number of nitrogens with zero attached hydrogens (tertiary/aromatic N) is 2. The van der Waals surface area contributed by atoms with Gasteiger partial charge in [0.2, 0.25) is 5.91 Å². The fraction of sp³-hybridized carbons (Fsp3) is 0.158. The average molecular weight is 446 g/mol. The van der Waals surface area contributed by atoms with E-state index in [9.17, 15) is 14.4 Å². The van der Waals surface area contributed by atoms with E-state index in [0.29, 0.717) is 22.2 Å². The molecule has 3 rings (SSSR count). The van der Waals surface area contributed by atoms with Crippen LogP contribution in [-0.4, -0.2) is 27.5 Å². The van der Waals surface area contributed by atoms with E-state index in [2.05, 4.69) is 26.2 Å². The number of hydrogen-bond donors (Lipinski definition) is 1. The van der Waals surface area contributed by atoms with Crippen LogP contribution in [0.4, 0.5) is 5.69 Å². The van der Waals surface area contributed by atoms with Gasteiger partial charge in [0, 0.05) is 21.9 Å². The van der Waals surface area contributed by atoms with Crippen LogP contribution >= 0.6 is 27.7 Å². The molecule has 8 heteroatoms. The van der Waals surface area contributed by atoms with Gasteiger partial charge in [-0.05, 0) is 42.7 Å². The number of anilines is 1. The van der Waals surface area contributed by atoms with Crippen molar-refractivity contribution in [2.45, 2.75) is 18.4 Å². The van der Waals surface area contributed by atoms with Crippen molar-refractivity contribution in [1.82, 2.24) is 9.55 Å². The standard InChI is InChI=1S/C19H16BrN3O3S/c1-11(24)22-16-5-3-12(7-18(16)27-2)17(25)9-23-10-21-15-6-4-13(20)8-14(15)19(23)26/h3-8,10H,9H2,1-2H3,(H,22,24). The number of halogens is 1. The molecule has 138 valence electrons. The summed E-state index contributed by atoms with van der Waals surface area (Å²) >= 11 is 4.77. The molecule has 0 spiro atoms. The molecule has 0 saturated carbocycles. The number of carbonyl (C=O) groups excluding carboxylic acids is 2. The van der Waals surface area contributed by atoms with Crippen LogP contribution in [0.3, 0.4) is 0 Å². The highest BCUT2D eigenvalue weighted by atomic mass is 79.9. The van der Waals surface area contributed by atoms with Crippen LogP contribution in [-0.2, 0) is 11.3 Å². The zero-order chi connectivity index (χ0) is 19.6. The normalized spacial score (nSPS) is 10.8. The van der Waals surface area contributed by atoms with Gasteiger partial charge in [-0.15, -0.1) is 11.8 Å². The van der Waals surface area contributed by atoms with E-state index >= 15 is 0 Å². The fourth-order valence-corrected chi connectivity index (χ4v) is 3.59. The molecule has 0 saturated heterocycles. The summed E-state index contributed by atoms with van der Waals surface area (Å²) in [5.41, 5.74) is 1.43. The lowest BCUT2D eigenvalue weighted by Gasteiger charge is -2.11. The molecule has 0 unspecified atom stereocenters. The number of ketones is 1. The van der Waals surface area contributed by atoms with E-state index < -0.39 is 0 Å². The molecular formula is C19H16BrN3O3S. The Bertz CT molecular complexity index is 1110. The van der Waals surface area contributed by atoms with Gasteiger partial charge >= 0.3 is 0 Å². The summed E-state index contributed by atoms with van der Waals surface area (Å²) in [7, 11) is 0. The Labute approximate surface area is 168 Å². The zero-order valence-electron chi connectivity index (χ0n) is 14.7. The second-order valence-electron chi connectivity index (χ2n) is 5.86. The van der Waals surface area contributed by atoms with E-state index in [1.165, 1.54) is 29.6 Å². The molecular weight excluding hydrogens is 430 g/mol. The molecule has 3 aromatic rings. The van der Waals surface area contributed by atoms with Crippen LogP contribution in [0.15, 0.2) is 56.9 Å². The number of hydrogen-bond acceptors (Lipinski definition) is 5. The molecule has 0 aliphatic heterocycles. The lowest BCUT2D eigenvalue weighted by atomic mass is 10.1. The maximum atomic E-state index is 12.7. The van der Waals surface area contributed by atoms with Crippen molar-refractivity contribution in [2.24, 2.45) is 0 Å². The first-order valence-corrected chi connectivity index (χ1v) is 10.0. The van der Waals surface area contributed by atoms with Gasteiger partial charge < -0.3 is 5.32 Å². The topological polar surface area (TPSA) is 81.1 Å². The van der Waals surface area contributed by atoms with Crippen molar-refractivity contribution in [3.8, 4) is 0 Å². The first-order chi connectivity index (χ1) is 12.9. The maximum absolute atomic E-state index is 12.7. The van der Waals surface area contributed by atoms with Gasteiger partial charge in [0.25, 0.3) is 5.56 Å². The minimum atomic E-state index is -0.269. The Hall–Kier alpha value is -2.45. The van der Waals surface area contributed by atoms with Gasteiger partial charge in [0.15, 0.2) is 5.78 Å². The van der Waals surface area contributed by atoms with E-state index in [4.69, 9.17) is 0 Å². The summed E-state index contributed by atoms with van der Waals surface area (Å²) in [5.74, 6) is -0.387. The minimum absolute atomic E-state index is 0.110. The summed E-state index contributed by atoms with van der Waals surface area (Å²) < 4.78 is 2.08. The number of thioether (sulfide) groups is 1. The highest BCUT2D eigenvalue weighted by Crippen LogP contribution is 2.27. The molecule has 1 amide bonds. The minimum Gasteiger partial charge on any atom is -0.325 e. The Morgan fingerprint density at radius 2 is 2.00 bits per heavy atom. The van der Waals surface area contributed by atoms with Crippen molar-refractivity contribution >= 4 is 56.0 Å². The van der Waals surface area contributed by atoms with Gasteiger partial charge in [-0.2, -0.15) is 0 Å². The molecule has 1 heterocycles. The van der Waals surface area contributed by atoms with Crippen LogP contribution in [0.1, 0.15) is 17.3 Å². The van der Waals surface area contributed by atoms with Gasteiger partial charge in [-0.25, -0.2) is 4.98 Å². The second kappa shape index (κ2) is 8.06. The SMILES string of the molecule is CSc1cc(C(=O)Cn2cnc3ccc(Br)cc3c2=O)ccc1NC(C)=O. The van der Waals surface area contributed by atoms with Crippen molar-refractivity contribution in [1.29, 1.82) is 0 Å². The molecule has 1 aromatic heterocycles. The van der Waals surface area contributed by atoms with Crippen molar-refractivity contribution in [3.63, 3.8) is 0 Å². The molecule has 0 atom stereocenters. The van der Waals surface area contributed by atoms with Gasteiger partial charge in [0.05, 0.1) is 29.5 Å². The van der Waals surface area contributed by atoms with Gasteiger partial charge in [0.1, 0.15) is 0 Å². The number of benzene rings is 2. The number of fused-ring (bicyclic) bond motifs is 1.